The third kappa shape index (κ3) is 6.05. The van der Waals surface area contributed by atoms with Crippen LogP contribution in [0.1, 0.15) is 47.4 Å². The molecule has 1 N–H and O–H groups in total. The number of carbonyl (C=O) groups excluding carboxylic acids is 1. The summed E-state index contributed by atoms with van der Waals surface area (Å²) in [5, 5.41) is 2.94. The molecule has 1 aromatic heterocycles. The van der Waals surface area contributed by atoms with Gasteiger partial charge < -0.3 is 19.5 Å². The zero-order valence-corrected chi connectivity index (χ0v) is 23.2. The largest absolute Gasteiger partial charge is 0.772 e. The van der Waals surface area contributed by atoms with Gasteiger partial charge in [0.1, 0.15) is 5.67 Å². The van der Waals surface area contributed by atoms with E-state index in [0.717, 1.165) is 35.3 Å². The maximum atomic E-state index is 14.4. The van der Waals surface area contributed by atoms with Crippen LogP contribution in [0.3, 0.4) is 0 Å². The molecule has 0 bridgehead atoms. The van der Waals surface area contributed by atoms with Crippen LogP contribution < -0.4 is 10.2 Å². The van der Waals surface area contributed by atoms with Gasteiger partial charge >= 0.3 is 0 Å². The second kappa shape index (κ2) is 11.2. The Kier molecular flexibility index (Phi) is 7.84. The Morgan fingerprint density at radius 2 is 2.05 bits per heavy atom. The summed E-state index contributed by atoms with van der Waals surface area (Å²) in [7, 11) is 0. The number of benzene rings is 2. The molecule has 5 rings (SSSR count). The van der Waals surface area contributed by atoms with Crippen molar-refractivity contribution >= 4 is 28.4 Å². The molecule has 0 spiro atoms. The lowest BCUT2D eigenvalue weighted by atomic mass is 9.82. The van der Waals surface area contributed by atoms with Crippen LogP contribution in [0.4, 0.5) is 15.8 Å². The second-order valence-corrected chi connectivity index (χ2v) is 11.8. The van der Waals surface area contributed by atoms with E-state index in [1.165, 1.54) is 31.7 Å². The van der Waals surface area contributed by atoms with Crippen LogP contribution >= 0.6 is 0 Å². The highest BCUT2D eigenvalue weighted by Crippen LogP contribution is 2.40. The Labute approximate surface area is 231 Å². The van der Waals surface area contributed by atoms with E-state index in [-0.39, 0.29) is 29.3 Å². The van der Waals surface area contributed by atoms with Gasteiger partial charge in [-0.05, 0) is 92.1 Å². The minimum absolute atomic E-state index is 0.149. The maximum Gasteiger partial charge on any atom is 0.255 e. The van der Waals surface area contributed by atoms with Crippen molar-refractivity contribution in [3.05, 3.63) is 77.1 Å². The van der Waals surface area contributed by atoms with Crippen molar-refractivity contribution in [3.8, 4) is 11.1 Å². The molecule has 3 heterocycles. The van der Waals surface area contributed by atoms with Crippen molar-refractivity contribution in [1.29, 1.82) is 0 Å². The van der Waals surface area contributed by atoms with Crippen molar-refractivity contribution in [1.82, 2.24) is 4.98 Å². The number of rotatable bonds is 7. The van der Waals surface area contributed by atoms with E-state index in [1.54, 1.807) is 6.07 Å². The first-order valence-corrected chi connectivity index (χ1v) is 14.5. The molecular formula is C30H33FN3O4S-. The zero-order chi connectivity index (χ0) is 27.7. The van der Waals surface area contributed by atoms with E-state index in [4.69, 9.17) is 4.74 Å². The molecule has 2 aromatic carbocycles. The highest BCUT2D eigenvalue weighted by molar-refractivity contribution is 7.79. The highest BCUT2D eigenvalue weighted by Gasteiger charge is 2.36. The number of nitrogens with zero attached hydrogens (tertiary/aromatic N) is 2. The van der Waals surface area contributed by atoms with E-state index in [1.807, 2.05) is 25.1 Å². The number of hydrogen-bond donors (Lipinski definition) is 1. The van der Waals surface area contributed by atoms with Gasteiger partial charge in [-0.15, -0.1) is 0 Å². The number of fused-ring (bicyclic) bond motifs is 3. The van der Waals surface area contributed by atoms with Crippen molar-refractivity contribution in [2.24, 2.45) is 5.92 Å². The number of alkyl halides is 1. The van der Waals surface area contributed by atoms with Gasteiger partial charge in [-0.1, -0.05) is 29.3 Å². The maximum absolute atomic E-state index is 14.4. The topological polar surface area (TPSA) is 94.6 Å². The monoisotopic (exact) mass is 550 g/mol. The summed E-state index contributed by atoms with van der Waals surface area (Å²) in [6.45, 7) is 6.85. The first kappa shape index (κ1) is 27.4. The van der Waals surface area contributed by atoms with E-state index in [0.29, 0.717) is 30.9 Å². The molecule has 9 heteroatoms. The predicted molar refractivity (Wildman–Crippen MR) is 150 cm³/mol. The predicted octanol–water partition coefficient (Wildman–Crippen LogP) is 5.16. The van der Waals surface area contributed by atoms with Gasteiger partial charge in [-0.3, -0.25) is 14.0 Å². The third-order valence-corrected chi connectivity index (χ3v) is 8.25. The lowest BCUT2D eigenvalue weighted by molar-refractivity contribution is 0.0714. The number of morpholine rings is 1. The van der Waals surface area contributed by atoms with Gasteiger partial charge in [0.05, 0.1) is 24.9 Å². The molecule has 0 saturated carbocycles. The van der Waals surface area contributed by atoms with Gasteiger partial charge in [0, 0.05) is 35.4 Å². The smallest absolute Gasteiger partial charge is 0.255 e. The summed E-state index contributed by atoms with van der Waals surface area (Å²) < 4.78 is 42.6. The molecular weight excluding hydrogens is 517 g/mol. The molecule has 1 saturated heterocycles. The number of pyridine rings is 1. The number of nitrogens with one attached hydrogen (secondary N) is 1. The fourth-order valence-electron chi connectivity index (χ4n) is 5.56. The Morgan fingerprint density at radius 3 is 2.82 bits per heavy atom. The molecule has 2 aliphatic heterocycles. The number of aromatic nitrogens is 1. The SMILES string of the molecule is Cc1ccc(NC(=O)c2ccnc(C(C)(C)F)c2)cc1-c1ccc2c(c1)N1CCOCC1C(CCS(=O)[O-])C2. The number of carbonyl (C=O) groups is 1. The van der Waals surface area contributed by atoms with Crippen LogP contribution in [0.15, 0.2) is 54.7 Å². The van der Waals surface area contributed by atoms with Crippen molar-refractivity contribution < 1.29 is 22.7 Å². The summed E-state index contributed by atoms with van der Waals surface area (Å²) in [6, 6.07) is 15.4. The van der Waals surface area contributed by atoms with Gasteiger partial charge in [0.15, 0.2) is 0 Å². The van der Waals surface area contributed by atoms with E-state index in [2.05, 4.69) is 33.4 Å². The fraction of sp³-hybridized carbons (Fsp3) is 0.400. The first-order valence-electron chi connectivity index (χ1n) is 13.2. The summed E-state index contributed by atoms with van der Waals surface area (Å²) in [4.78, 5) is 19.4. The summed E-state index contributed by atoms with van der Waals surface area (Å²) in [5.74, 6) is 0.0507. The van der Waals surface area contributed by atoms with Crippen molar-refractivity contribution in [2.45, 2.75) is 45.3 Å². The highest BCUT2D eigenvalue weighted by atomic mass is 32.2. The van der Waals surface area contributed by atoms with Gasteiger partial charge in [0.25, 0.3) is 5.91 Å². The van der Waals surface area contributed by atoms with Crippen LogP contribution in [0.25, 0.3) is 11.1 Å². The molecule has 1 amide bonds. The molecule has 7 nitrogen and oxygen atoms in total. The van der Waals surface area contributed by atoms with E-state index < -0.39 is 16.7 Å². The van der Waals surface area contributed by atoms with Crippen LogP contribution in [0.2, 0.25) is 0 Å². The second-order valence-electron chi connectivity index (χ2n) is 10.8. The minimum atomic E-state index is -2.05. The van der Waals surface area contributed by atoms with E-state index in [9.17, 15) is 17.9 Å². The molecule has 0 radical (unpaired) electrons. The molecule has 2 aliphatic rings. The average Bonchev–Trinajstić information content (AvgIpc) is 2.92. The van der Waals surface area contributed by atoms with E-state index >= 15 is 0 Å². The van der Waals surface area contributed by atoms with Crippen molar-refractivity contribution in [3.63, 3.8) is 0 Å². The Bertz CT molecular complexity index is 1410. The van der Waals surface area contributed by atoms with Gasteiger partial charge in [0.2, 0.25) is 0 Å². The first-order chi connectivity index (χ1) is 18.6. The van der Waals surface area contributed by atoms with Gasteiger partial charge in [-0.2, -0.15) is 0 Å². The molecule has 3 atom stereocenters. The molecule has 3 unspecified atom stereocenters. The standard InChI is InChI=1S/C30H34FN3O4S/c1-19-4-7-24(33-29(35)23-8-10-32-28(16-23)30(2,3)31)17-25(19)20-5-6-21-14-22(9-13-39(36)37)27-18-38-12-11-34(27)26(21)15-20/h4-8,10,15-17,22,27H,9,11-14,18H2,1-3H3,(H,33,35)(H,36,37)/p-1. The third-order valence-electron chi connectivity index (χ3n) is 7.68. The number of anilines is 2. The molecule has 3 aromatic rings. The van der Waals surface area contributed by atoms with Crippen LogP contribution in [0, 0.1) is 12.8 Å². The number of hydrogen-bond acceptors (Lipinski definition) is 6. The number of ether oxygens (including phenoxy) is 1. The quantitative estimate of drug-likeness (QED) is 0.409. The molecule has 1 fully saturated rings. The van der Waals surface area contributed by atoms with Gasteiger partial charge in [-0.25, -0.2) is 4.39 Å². The van der Waals surface area contributed by atoms with Crippen LogP contribution in [0.5, 0.6) is 0 Å². The summed E-state index contributed by atoms with van der Waals surface area (Å²) in [5.41, 5.74) is 5.04. The summed E-state index contributed by atoms with van der Waals surface area (Å²) >= 11 is -2.05. The number of halogens is 1. The van der Waals surface area contributed by atoms with Crippen LogP contribution in [-0.2, 0) is 27.9 Å². The Hall–Kier alpha value is -3.14. The van der Waals surface area contributed by atoms with Crippen LogP contribution in [-0.4, -0.2) is 51.2 Å². The number of amides is 1. The lowest BCUT2D eigenvalue weighted by Crippen LogP contribution is -2.53. The minimum Gasteiger partial charge on any atom is -0.772 e. The summed E-state index contributed by atoms with van der Waals surface area (Å²) in [6.07, 6.45) is 2.88. The molecule has 0 aliphatic carbocycles. The van der Waals surface area contributed by atoms with Crippen molar-refractivity contribution in [2.75, 3.05) is 35.7 Å². The Balaban J connectivity index is 1.41. The number of aryl methyl sites for hydroxylation is 1. The fourth-order valence-corrected chi connectivity index (χ4v) is 6.05. The Morgan fingerprint density at radius 1 is 1.23 bits per heavy atom. The molecule has 39 heavy (non-hydrogen) atoms. The molecule has 206 valence electrons. The normalized spacial score (nSPS) is 19.7. The lowest BCUT2D eigenvalue weighted by Gasteiger charge is -2.46. The average molecular weight is 551 g/mol. The zero-order valence-electron chi connectivity index (χ0n) is 22.4.